The largest absolute Gasteiger partial charge is 0.505 e. The molecule has 1 aromatic carbocycles. The minimum atomic E-state index is -0.787. The van der Waals surface area contributed by atoms with Crippen molar-refractivity contribution in [2.75, 3.05) is 39.9 Å². The molecule has 1 unspecified atom stereocenters. The fraction of sp³-hybridized carbons (Fsp3) is 0.414. The van der Waals surface area contributed by atoms with Gasteiger partial charge in [-0.1, -0.05) is 26.0 Å². The summed E-state index contributed by atoms with van der Waals surface area (Å²) in [5, 5.41) is 11.6. The molecule has 1 atom stereocenters. The van der Waals surface area contributed by atoms with Gasteiger partial charge in [0.15, 0.2) is 17.3 Å². The number of amides is 1. The van der Waals surface area contributed by atoms with Gasteiger partial charge in [0.05, 0.1) is 31.0 Å². The number of aromatic nitrogens is 2. The number of ether oxygens (including phenoxy) is 2. The zero-order chi connectivity index (χ0) is 27.4. The van der Waals surface area contributed by atoms with Gasteiger partial charge in [0, 0.05) is 12.7 Å². The van der Waals surface area contributed by atoms with Gasteiger partial charge in [-0.3, -0.25) is 14.0 Å². The van der Waals surface area contributed by atoms with Crippen LogP contribution >= 0.6 is 0 Å². The molecule has 38 heavy (non-hydrogen) atoms. The van der Waals surface area contributed by atoms with Crippen molar-refractivity contribution in [3.63, 3.8) is 0 Å². The summed E-state index contributed by atoms with van der Waals surface area (Å²) in [6.45, 7) is 11.3. The second-order valence-electron chi connectivity index (χ2n) is 9.19. The fourth-order valence-corrected chi connectivity index (χ4v) is 5.12. The van der Waals surface area contributed by atoms with Gasteiger partial charge in [-0.2, -0.15) is 0 Å². The van der Waals surface area contributed by atoms with Crippen LogP contribution in [0.4, 0.5) is 0 Å². The van der Waals surface area contributed by atoms with Crippen molar-refractivity contribution >= 4 is 23.1 Å². The van der Waals surface area contributed by atoms with E-state index in [9.17, 15) is 14.7 Å². The number of nitrogens with zero attached hydrogens (tertiary/aromatic N) is 4. The van der Waals surface area contributed by atoms with Crippen molar-refractivity contribution in [2.24, 2.45) is 0 Å². The quantitative estimate of drug-likeness (QED) is 0.230. The molecule has 4 rings (SSSR count). The van der Waals surface area contributed by atoms with Crippen LogP contribution in [0.2, 0.25) is 0 Å². The number of carbonyl (C=O) groups is 2. The molecule has 1 aliphatic rings. The van der Waals surface area contributed by atoms with E-state index in [4.69, 9.17) is 9.47 Å². The summed E-state index contributed by atoms with van der Waals surface area (Å²) >= 11 is 0. The van der Waals surface area contributed by atoms with Crippen LogP contribution in [0.15, 0.2) is 48.2 Å². The molecule has 0 radical (unpaired) electrons. The van der Waals surface area contributed by atoms with E-state index in [1.165, 1.54) is 0 Å². The van der Waals surface area contributed by atoms with E-state index in [0.29, 0.717) is 53.7 Å². The van der Waals surface area contributed by atoms with E-state index in [1.807, 2.05) is 31.2 Å². The van der Waals surface area contributed by atoms with Gasteiger partial charge >= 0.3 is 0 Å². The Morgan fingerprint density at radius 2 is 1.87 bits per heavy atom. The van der Waals surface area contributed by atoms with Crippen LogP contribution in [0.1, 0.15) is 50.2 Å². The molecule has 9 nitrogen and oxygen atoms in total. The average molecular weight is 521 g/mol. The van der Waals surface area contributed by atoms with Crippen LogP contribution in [-0.2, 0) is 9.59 Å². The number of pyridine rings is 1. The maximum absolute atomic E-state index is 13.5. The first kappa shape index (κ1) is 27.2. The Hall–Kier alpha value is -3.85. The van der Waals surface area contributed by atoms with Gasteiger partial charge in [-0.15, -0.1) is 0 Å². The van der Waals surface area contributed by atoms with Crippen molar-refractivity contribution < 1.29 is 24.2 Å². The summed E-state index contributed by atoms with van der Waals surface area (Å²) < 4.78 is 13.0. The Balaban J connectivity index is 1.85. The lowest BCUT2D eigenvalue weighted by Crippen LogP contribution is -2.33. The summed E-state index contributed by atoms with van der Waals surface area (Å²) in [7, 11) is 1.55. The zero-order valence-electron chi connectivity index (χ0n) is 22.7. The molecule has 1 aliphatic heterocycles. The lowest BCUT2D eigenvalue weighted by molar-refractivity contribution is -0.140. The average Bonchev–Trinajstić information content (AvgIpc) is 3.39. The highest BCUT2D eigenvalue weighted by Gasteiger charge is 2.46. The number of likely N-dealkylation sites (tertiary alicyclic amines) is 1. The lowest BCUT2D eigenvalue weighted by Gasteiger charge is -2.27. The number of ketones is 1. The Labute approximate surface area is 223 Å². The van der Waals surface area contributed by atoms with Gasteiger partial charge in [0.1, 0.15) is 11.3 Å². The lowest BCUT2D eigenvalue weighted by atomic mass is 9.95. The number of hydrogen-bond acceptors (Lipinski definition) is 7. The molecule has 3 heterocycles. The normalized spacial score (nSPS) is 17.1. The minimum absolute atomic E-state index is 0.0396. The van der Waals surface area contributed by atoms with Crippen LogP contribution in [0.5, 0.6) is 11.5 Å². The molecule has 1 fully saturated rings. The molecule has 1 saturated heterocycles. The smallest absolute Gasteiger partial charge is 0.295 e. The van der Waals surface area contributed by atoms with Crippen LogP contribution in [0, 0.1) is 6.92 Å². The van der Waals surface area contributed by atoms with Crippen molar-refractivity contribution in [3.05, 3.63) is 65.1 Å². The van der Waals surface area contributed by atoms with Crippen LogP contribution in [-0.4, -0.2) is 75.9 Å². The molecule has 9 heteroatoms. The maximum Gasteiger partial charge on any atom is 0.295 e. The number of aliphatic hydroxyl groups is 1. The second kappa shape index (κ2) is 11.7. The number of imidazole rings is 1. The minimum Gasteiger partial charge on any atom is -0.505 e. The van der Waals surface area contributed by atoms with Crippen molar-refractivity contribution in [3.8, 4) is 11.5 Å². The molecule has 0 aliphatic carbocycles. The monoisotopic (exact) mass is 520 g/mol. The molecule has 0 bridgehead atoms. The summed E-state index contributed by atoms with van der Waals surface area (Å²) in [4.78, 5) is 35.3. The number of carbonyl (C=O) groups excluding carboxylic acids is 2. The highest BCUT2D eigenvalue weighted by atomic mass is 16.5. The fourth-order valence-electron chi connectivity index (χ4n) is 5.12. The molecule has 3 aromatic rings. The van der Waals surface area contributed by atoms with E-state index >= 15 is 0 Å². The molecule has 1 N–H and O–H groups in total. The number of rotatable bonds is 11. The standard InChI is InChI=1S/C29H36N4O5/c1-6-31(7-2)15-11-17-33-26(20-13-14-21(38-8-3)22(18-20)37-5)24(28(35)29(33)36)27(34)25-19(4)30-23-12-9-10-16-32(23)25/h9-10,12-14,16,18,26,34H,6-8,11,15,17H2,1-5H3. The summed E-state index contributed by atoms with van der Waals surface area (Å²) in [6, 6.07) is 10.1. The highest BCUT2D eigenvalue weighted by molar-refractivity contribution is 6.46. The van der Waals surface area contributed by atoms with E-state index in [-0.39, 0.29) is 11.3 Å². The number of hydrogen-bond donors (Lipinski definition) is 1. The molecule has 0 spiro atoms. The molecular formula is C29H36N4O5. The molecule has 202 valence electrons. The molecular weight excluding hydrogens is 484 g/mol. The van der Waals surface area contributed by atoms with Gasteiger partial charge < -0.3 is 24.4 Å². The molecule has 1 amide bonds. The van der Waals surface area contributed by atoms with Gasteiger partial charge in [0.2, 0.25) is 0 Å². The molecule has 0 saturated carbocycles. The number of aryl methyl sites for hydroxylation is 1. The molecule has 2 aromatic heterocycles. The second-order valence-corrected chi connectivity index (χ2v) is 9.19. The third-order valence-corrected chi connectivity index (χ3v) is 7.04. The predicted molar refractivity (Wildman–Crippen MR) is 146 cm³/mol. The Bertz CT molecular complexity index is 1360. The third-order valence-electron chi connectivity index (χ3n) is 7.04. The van der Waals surface area contributed by atoms with Crippen molar-refractivity contribution in [2.45, 2.75) is 40.2 Å². The number of methoxy groups -OCH3 is 1. The number of benzene rings is 1. The van der Waals surface area contributed by atoms with E-state index < -0.39 is 17.7 Å². The van der Waals surface area contributed by atoms with E-state index in [1.54, 1.807) is 41.7 Å². The zero-order valence-corrected chi connectivity index (χ0v) is 22.7. The van der Waals surface area contributed by atoms with E-state index in [0.717, 1.165) is 19.6 Å². The Morgan fingerprint density at radius 1 is 1.11 bits per heavy atom. The van der Waals surface area contributed by atoms with Gasteiger partial charge in [-0.25, -0.2) is 4.98 Å². The van der Waals surface area contributed by atoms with Crippen LogP contribution in [0.25, 0.3) is 11.4 Å². The Morgan fingerprint density at radius 3 is 2.55 bits per heavy atom. The summed E-state index contributed by atoms with van der Waals surface area (Å²) in [5.41, 5.74) is 2.28. The predicted octanol–water partition coefficient (Wildman–Crippen LogP) is 4.20. The first-order chi connectivity index (χ1) is 18.4. The van der Waals surface area contributed by atoms with Crippen LogP contribution < -0.4 is 9.47 Å². The van der Waals surface area contributed by atoms with Crippen molar-refractivity contribution in [1.82, 2.24) is 19.2 Å². The Kier molecular flexibility index (Phi) is 8.36. The van der Waals surface area contributed by atoms with Crippen LogP contribution in [0.3, 0.4) is 0 Å². The first-order valence-electron chi connectivity index (χ1n) is 13.1. The topological polar surface area (TPSA) is 96.6 Å². The SMILES string of the molecule is CCOc1ccc(C2C(=C(O)c3c(C)nc4ccccn34)C(=O)C(=O)N2CCCN(CC)CC)cc1OC. The first-order valence-corrected chi connectivity index (χ1v) is 13.1. The third kappa shape index (κ3) is 4.98. The van der Waals surface area contributed by atoms with E-state index in [2.05, 4.69) is 23.7 Å². The number of aliphatic hydroxyl groups excluding tert-OH is 1. The van der Waals surface area contributed by atoms with Crippen molar-refractivity contribution in [1.29, 1.82) is 0 Å². The van der Waals surface area contributed by atoms with Gasteiger partial charge in [0.25, 0.3) is 11.7 Å². The maximum atomic E-state index is 13.5. The summed E-state index contributed by atoms with van der Waals surface area (Å²) in [6.07, 6.45) is 2.47. The highest BCUT2D eigenvalue weighted by Crippen LogP contribution is 2.42. The van der Waals surface area contributed by atoms with Gasteiger partial charge in [-0.05, 0) is 69.7 Å². The number of fused-ring (bicyclic) bond motifs is 1. The number of Topliss-reactive ketones (excluding diaryl/α,β-unsaturated/α-hetero) is 1. The summed E-state index contributed by atoms with van der Waals surface area (Å²) in [5.74, 6) is -0.536.